The molecule has 2 aromatic rings. The van der Waals surface area contributed by atoms with Gasteiger partial charge in [-0.05, 0) is 57.1 Å². The molecule has 0 amide bonds. The Balaban J connectivity index is 1.54. The van der Waals surface area contributed by atoms with E-state index in [0.29, 0.717) is 18.0 Å². The van der Waals surface area contributed by atoms with Crippen molar-refractivity contribution < 1.29 is 5.11 Å². The van der Waals surface area contributed by atoms with Crippen molar-refractivity contribution in [1.29, 1.82) is 0 Å². The molecule has 2 aliphatic rings. The van der Waals surface area contributed by atoms with Gasteiger partial charge in [0.05, 0.1) is 23.1 Å². The average molecular weight is 411 g/mol. The van der Waals surface area contributed by atoms with Gasteiger partial charge in [0.2, 0.25) is 5.95 Å². The van der Waals surface area contributed by atoms with Crippen LogP contribution >= 0.6 is 0 Å². The van der Waals surface area contributed by atoms with Gasteiger partial charge in [0.1, 0.15) is 5.82 Å². The van der Waals surface area contributed by atoms with Gasteiger partial charge in [-0.3, -0.25) is 4.98 Å². The molecule has 7 heteroatoms. The molecule has 0 bridgehead atoms. The second-order valence-electron chi connectivity index (χ2n) is 8.56. The maximum atomic E-state index is 9.84. The normalized spacial score (nSPS) is 21.4. The van der Waals surface area contributed by atoms with Crippen LogP contribution in [0.25, 0.3) is 11.3 Å². The topological polar surface area (TPSA) is 95.0 Å². The highest BCUT2D eigenvalue weighted by Gasteiger charge is 2.22. The molecule has 2 aliphatic carbocycles. The van der Waals surface area contributed by atoms with E-state index < -0.39 is 0 Å². The lowest BCUT2D eigenvalue weighted by atomic mass is 9.93. The number of aliphatic hydroxyl groups is 1. The van der Waals surface area contributed by atoms with Crippen molar-refractivity contribution in [2.75, 3.05) is 17.2 Å². The number of rotatable bonds is 10. The fraction of sp³-hybridized carbons (Fsp3) is 0.609. The summed E-state index contributed by atoms with van der Waals surface area (Å²) < 4.78 is 0. The fourth-order valence-electron chi connectivity index (χ4n) is 3.82. The Labute approximate surface area is 179 Å². The van der Waals surface area contributed by atoms with Crippen LogP contribution < -0.4 is 16.0 Å². The lowest BCUT2D eigenvalue weighted by molar-refractivity contribution is 0.126. The number of nitrogens with zero attached hydrogens (tertiary/aromatic N) is 3. The Morgan fingerprint density at radius 1 is 1.03 bits per heavy atom. The molecule has 2 heterocycles. The smallest absolute Gasteiger partial charge is 0.224 e. The summed E-state index contributed by atoms with van der Waals surface area (Å²) in [5.74, 6) is 1.47. The molecule has 0 saturated heterocycles. The van der Waals surface area contributed by atoms with Gasteiger partial charge in [-0.1, -0.05) is 19.4 Å². The Bertz CT molecular complexity index is 817. The Morgan fingerprint density at radius 3 is 2.60 bits per heavy atom. The van der Waals surface area contributed by atoms with Gasteiger partial charge in [0.25, 0.3) is 0 Å². The minimum atomic E-state index is -0.170. The summed E-state index contributed by atoms with van der Waals surface area (Å²) >= 11 is 0. The highest BCUT2D eigenvalue weighted by atomic mass is 16.3. The first kappa shape index (κ1) is 21.0. The third-order valence-electron chi connectivity index (χ3n) is 5.87. The Hall–Kier alpha value is -2.25. The summed E-state index contributed by atoms with van der Waals surface area (Å²) in [5.41, 5.74) is 2.86. The van der Waals surface area contributed by atoms with Crippen molar-refractivity contribution in [1.82, 2.24) is 20.3 Å². The minimum Gasteiger partial charge on any atom is -0.393 e. The maximum Gasteiger partial charge on any atom is 0.224 e. The van der Waals surface area contributed by atoms with Crippen LogP contribution in [0.15, 0.2) is 24.4 Å². The molecule has 7 nitrogen and oxygen atoms in total. The first-order valence-corrected chi connectivity index (χ1v) is 11.5. The minimum absolute atomic E-state index is 0.170. The molecule has 0 radical (unpaired) electrons. The molecule has 2 fully saturated rings. The number of anilines is 2. The van der Waals surface area contributed by atoms with Gasteiger partial charge in [-0.15, -0.1) is 0 Å². The van der Waals surface area contributed by atoms with Crippen LogP contribution in [-0.4, -0.2) is 44.8 Å². The number of hydrogen-bond donors (Lipinski definition) is 4. The SMILES string of the molecule is CCCCNc1ncc(-c2cccc(CNC3CC3)n2)c(N[C@H]2CC[C@H](O)CC2)n1. The number of pyridine rings is 1. The van der Waals surface area contributed by atoms with E-state index in [2.05, 4.69) is 40.0 Å². The van der Waals surface area contributed by atoms with Crippen LogP contribution in [0.2, 0.25) is 0 Å². The second kappa shape index (κ2) is 10.2. The van der Waals surface area contributed by atoms with E-state index in [4.69, 9.17) is 9.97 Å². The van der Waals surface area contributed by atoms with Gasteiger partial charge in [-0.2, -0.15) is 4.98 Å². The van der Waals surface area contributed by atoms with E-state index in [0.717, 1.165) is 74.4 Å². The summed E-state index contributed by atoms with van der Waals surface area (Å²) in [6.07, 6.45) is 10.0. The molecular weight excluding hydrogens is 376 g/mol. The van der Waals surface area contributed by atoms with E-state index in [9.17, 15) is 5.11 Å². The molecule has 2 aromatic heterocycles. The highest BCUT2D eigenvalue weighted by molar-refractivity contribution is 5.73. The van der Waals surface area contributed by atoms with Crippen molar-refractivity contribution in [3.8, 4) is 11.3 Å². The van der Waals surface area contributed by atoms with Crippen LogP contribution in [0.5, 0.6) is 0 Å². The first-order chi connectivity index (χ1) is 14.7. The first-order valence-electron chi connectivity index (χ1n) is 11.5. The van der Waals surface area contributed by atoms with Gasteiger partial charge in [0, 0.05) is 31.4 Å². The van der Waals surface area contributed by atoms with E-state index in [1.54, 1.807) is 0 Å². The standard InChI is InChI=1S/C23H34N6O/c1-2-3-13-24-23-26-15-20(22(29-23)28-17-9-11-19(30)12-10-17)21-6-4-5-18(27-21)14-25-16-7-8-16/h4-6,15-17,19,25,30H,2-3,7-14H2,1H3,(H2,24,26,28,29)/t17-,19-. The van der Waals surface area contributed by atoms with Crippen LogP contribution in [0.1, 0.15) is 64.0 Å². The van der Waals surface area contributed by atoms with Crippen molar-refractivity contribution in [2.45, 2.75) is 83.0 Å². The lowest BCUT2D eigenvalue weighted by Gasteiger charge is -2.27. The molecule has 162 valence electrons. The van der Waals surface area contributed by atoms with Crippen LogP contribution in [-0.2, 0) is 6.54 Å². The number of hydrogen-bond acceptors (Lipinski definition) is 7. The van der Waals surface area contributed by atoms with E-state index in [-0.39, 0.29) is 6.10 Å². The average Bonchev–Trinajstić information content (AvgIpc) is 3.59. The number of nitrogens with one attached hydrogen (secondary N) is 3. The second-order valence-corrected chi connectivity index (χ2v) is 8.56. The largest absolute Gasteiger partial charge is 0.393 e. The van der Waals surface area contributed by atoms with Crippen LogP contribution in [0.4, 0.5) is 11.8 Å². The van der Waals surface area contributed by atoms with Crippen molar-refractivity contribution in [3.05, 3.63) is 30.1 Å². The summed E-state index contributed by atoms with van der Waals surface area (Å²) in [7, 11) is 0. The monoisotopic (exact) mass is 410 g/mol. The molecule has 2 saturated carbocycles. The Morgan fingerprint density at radius 2 is 1.83 bits per heavy atom. The maximum absolute atomic E-state index is 9.84. The molecule has 0 aromatic carbocycles. The van der Waals surface area contributed by atoms with E-state index >= 15 is 0 Å². The van der Waals surface area contributed by atoms with Crippen LogP contribution in [0, 0.1) is 0 Å². The van der Waals surface area contributed by atoms with Crippen molar-refractivity contribution >= 4 is 11.8 Å². The third kappa shape index (κ3) is 5.89. The molecule has 0 unspecified atom stereocenters. The van der Waals surface area contributed by atoms with Crippen molar-refractivity contribution in [2.24, 2.45) is 0 Å². The molecule has 30 heavy (non-hydrogen) atoms. The molecule has 0 atom stereocenters. The predicted molar refractivity (Wildman–Crippen MR) is 120 cm³/mol. The van der Waals surface area contributed by atoms with Gasteiger partial charge >= 0.3 is 0 Å². The van der Waals surface area contributed by atoms with Gasteiger partial charge in [-0.25, -0.2) is 4.98 Å². The summed E-state index contributed by atoms with van der Waals surface area (Å²) in [5, 5.41) is 20.3. The summed E-state index contributed by atoms with van der Waals surface area (Å²) in [6.45, 7) is 3.83. The quantitative estimate of drug-likeness (QED) is 0.444. The molecule has 4 N–H and O–H groups in total. The van der Waals surface area contributed by atoms with Gasteiger partial charge in [0.15, 0.2) is 0 Å². The van der Waals surface area contributed by atoms with Crippen molar-refractivity contribution in [3.63, 3.8) is 0 Å². The van der Waals surface area contributed by atoms with E-state index in [1.165, 1.54) is 12.8 Å². The number of unbranched alkanes of at least 4 members (excludes halogenated alkanes) is 1. The lowest BCUT2D eigenvalue weighted by Crippen LogP contribution is -2.29. The number of aromatic nitrogens is 3. The van der Waals surface area contributed by atoms with Gasteiger partial charge < -0.3 is 21.1 Å². The highest BCUT2D eigenvalue weighted by Crippen LogP contribution is 2.29. The summed E-state index contributed by atoms with van der Waals surface area (Å²) in [4.78, 5) is 14.2. The molecular formula is C23H34N6O. The number of aliphatic hydroxyl groups excluding tert-OH is 1. The molecule has 0 aliphatic heterocycles. The Kier molecular flexibility index (Phi) is 7.12. The zero-order valence-corrected chi connectivity index (χ0v) is 17.9. The molecule has 0 spiro atoms. The fourth-order valence-corrected chi connectivity index (χ4v) is 3.82. The third-order valence-corrected chi connectivity index (χ3v) is 5.87. The summed E-state index contributed by atoms with van der Waals surface area (Å²) in [6, 6.07) is 7.12. The zero-order chi connectivity index (χ0) is 20.8. The molecule has 4 rings (SSSR count). The van der Waals surface area contributed by atoms with E-state index in [1.807, 2.05) is 12.3 Å². The van der Waals surface area contributed by atoms with Crippen LogP contribution in [0.3, 0.4) is 0 Å². The zero-order valence-electron chi connectivity index (χ0n) is 17.9. The predicted octanol–water partition coefficient (Wildman–Crippen LogP) is 3.72.